The molecule has 1 aromatic carbocycles. The zero-order chi connectivity index (χ0) is 25.7. The monoisotopic (exact) mass is 472 g/mol. The molecule has 7 heteroatoms. The highest BCUT2D eigenvalue weighted by Crippen LogP contribution is 2.71. The zero-order valence-electron chi connectivity index (χ0n) is 20.8. The Labute approximate surface area is 200 Å². The molecule has 0 heterocycles. The molecule has 2 saturated carbocycles. The van der Waals surface area contributed by atoms with E-state index in [1.165, 1.54) is 0 Å². The van der Waals surface area contributed by atoms with E-state index in [2.05, 4.69) is 13.8 Å². The van der Waals surface area contributed by atoms with Gasteiger partial charge in [-0.05, 0) is 54.3 Å². The third-order valence-corrected chi connectivity index (χ3v) is 8.73. The van der Waals surface area contributed by atoms with Gasteiger partial charge in [0.05, 0.1) is 11.1 Å². The Kier molecular flexibility index (Phi) is 6.72. The zero-order valence-corrected chi connectivity index (χ0v) is 20.8. The van der Waals surface area contributed by atoms with Crippen LogP contribution >= 0.6 is 0 Å². The minimum atomic E-state index is -0.761. The van der Waals surface area contributed by atoms with Crippen LogP contribution in [0.1, 0.15) is 99.4 Å². The maximum atomic E-state index is 13.3. The van der Waals surface area contributed by atoms with Gasteiger partial charge in [0.1, 0.15) is 28.8 Å². The van der Waals surface area contributed by atoms with E-state index in [1.54, 1.807) is 6.92 Å². The topological polar surface area (TPSA) is 129 Å². The molecule has 2 fully saturated rings. The Hall–Kier alpha value is -2.70. The average molecular weight is 473 g/mol. The van der Waals surface area contributed by atoms with Crippen LogP contribution in [-0.4, -0.2) is 39.5 Å². The number of Topliss-reactive ketones (excluding diaryl/α,β-unsaturated/α-hetero) is 2. The second-order valence-electron chi connectivity index (χ2n) is 11.4. The lowest BCUT2D eigenvalue weighted by Gasteiger charge is -2.43. The van der Waals surface area contributed by atoms with Gasteiger partial charge in [-0.2, -0.15) is 0 Å². The molecular weight excluding hydrogens is 436 g/mol. The average Bonchev–Trinajstić information content (AvgIpc) is 3.13. The number of phenolic OH excluding ortho intramolecular Hbond substituents is 3. The van der Waals surface area contributed by atoms with Crippen molar-refractivity contribution in [2.45, 2.75) is 73.1 Å². The van der Waals surface area contributed by atoms with Crippen molar-refractivity contribution >= 4 is 24.1 Å². The molecule has 5 atom stereocenters. The highest BCUT2D eigenvalue weighted by atomic mass is 16.3. The molecular formula is C27H36O7. The standard InChI is InChI=1S/C27H36O7/c1-13(2)20(19-24(33)15(11-28)23(32)16(12-29)25(19)34)27(6)10-9-18(31)22(27)21-17(26(21,4)5)8-7-14(3)30/h11-13,17,20-22,32-34H,7-10H2,1-6H3/t17-,20?,21-,22-,27-/m1/s1. The van der Waals surface area contributed by atoms with Crippen LogP contribution < -0.4 is 0 Å². The number of rotatable bonds is 9. The van der Waals surface area contributed by atoms with E-state index in [0.29, 0.717) is 25.7 Å². The Bertz CT molecular complexity index is 1000. The van der Waals surface area contributed by atoms with E-state index >= 15 is 0 Å². The summed E-state index contributed by atoms with van der Waals surface area (Å²) in [5.74, 6) is -2.48. The SMILES string of the molecule is CC(=O)CC[C@@H]1[C@H]([C@H]2C(=O)CC[C@]2(C)C(c2c(O)c(C=O)c(O)c(C=O)c2O)C(C)C)C1(C)C. The van der Waals surface area contributed by atoms with E-state index in [-0.39, 0.29) is 58.8 Å². The lowest BCUT2D eigenvalue weighted by atomic mass is 9.60. The maximum Gasteiger partial charge on any atom is 0.157 e. The molecule has 1 aromatic rings. The number of ketones is 2. The van der Waals surface area contributed by atoms with Crippen LogP contribution in [0.15, 0.2) is 0 Å². The summed E-state index contributed by atoms with van der Waals surface area (Å²) in [5.41, 5.74) is -1.68. The Morgan fingerprint density at radius 3 is 2.00 bits per heavy atom. The van der Waals surface area contributed by atoms with E-state index in [4.69, 9.17) is 0 Å². The molecule has 3 N–H and O–H groups in total. The Balaban J connectivity index is 2.17. The van der Waals surface area contributed by atoms with Gasteiger partial charge in [0, 0.05) is 24.3 Å². The fraction of sp³-hybridized carbons (Fsp3) is 0.630. The van der Waals surface area contributed by atoms with Gasteiger partial charge >= 0.3 is 0 Å². The van der Waals surface area contributed by atoms with E-state index in [9.17, 15) is 34.5 Å². The molecule has 2 aliphatic carbocycles. The fourth-order valence-electron chi connectivity index (χ4n) is 7.10. The molecule has 3 rings (SSSR count). The lowest BCUT2D eigenvalue weighted by molar-refractivity contribution is -0.124. The molecule has 0 spiro atoms. The van der Waals surface area contributed by atoms with Gasteiger partial charge in [-0.15, -0.1) is 0 Å². The van der Waals surface area contributed by atoms with Gasteiger partial charge in [-0.3, -0.25) is 14.4 Å². The Morgan fingerprint density at radius 2 is 1.56 bits per heavy atom. The van der Waals surface area contributed by atoms with Gasteiger partial charge in [0.15, 0.2) is 12.6 Å². The highest BCUT2D eigenvalue weighted by Gasteiger charge is 2.67. The molecule has 0 saturated heterocycles. The summed E-state index contributed by atoms with van der Waals surface area (Å²) in [6.07, 6.45) is 2.58. The van der Waals surface area contributed by atoms with Gasteiger partial charge in [-0.1, -0.05) is 34.6 Å². The second-order valence-corrected chi connectivity index (χ2v) is 11.4. The van der Waals surface area contributed by atoms with Crippen molar-refractivity contribution in [3.63, 3.8) is 0 Å². The molecule has 0 radical (unpaired) electrons. The molecule has 0 amide bonds. The third-order valence-electron chi connectivity index (χ3n) is 8.73. The first kappa shape index (κ1) is 25.9. The van der Waals surface area contributed by atoms with Crippen LogP contribution in [0.25, 0.3) is 0 Å². The van der Waals surface area contributed by atoms with E-state index in [0.717, 1.165) is 0 Å². The highest BCUT2D eigenvalue weighted by molar-refractivity contribution is 5.95. The molecule has 0 aliphatic heterocycles. The predicted octanol–water partition coefficient (Wildman–Crippen LogP) is 4.79. The maximum absolute atomic E-state index is 13.3. The van der Waals surface area contributed by atoms with Crippen molar-refractivity contribution < 1.29 is 34.5 Å². The number of aromatic hydroxyl groups is 3. The van der Waals surface area contributed by atoms with Crippen molar-refractivity contribution in [3.05, 3.63) is 16.7 Å². The predicted molar refractivity (Wildman–Crippen MR) is 126 cm³/mol. The van der Waals surface area contributed by atoms with E-state index < -0.39 is 39.7 Å². The summed E-state index contributed by atoms with van der Waals surface area (Å²) in [6.45, 7) is 11.6. The van der Waals surface area contributed by atoms with E-state index in [1.807, 2.05) is 20.8 Å². The van der Waals surface area contributed by atoms with Crippen molar-refractivity contribution in [1.29, 1.82) is 0 Å². The third kappa shape index (κ3) is 3.83. The number of hydrogen-bond acceptors (Lipinski definition) is 7. The first-order valence-electron chi connectivity index (χ1n) is 12.0. The molecule has 1 unspecified atom stereocenters. The van der Waals surface area contributed by atoms with Gasteiger partial charge in [-0.25, -0.2) is 0 Å². The van der Waals surface area contributed by atoms with Crippen LogP contribution in [0.4, 0.5) is 0 Å². The van der Waals surface area contributed by atoms with Crippen molar-refractivity contribution in [1.82, 2.24) is 0 Å². The first-order chi connectivity index (χ1) is 15.7. The van der Waals surface area contributed by atoms with Gasteiger partial charge < -0.3 is 20.1 Å². The minimum Gasteiger partial charge on any atom is -0.507 e. The lowest BCUT2D eigenvalue weighted by Crippen LogP contribution is -2.37. The number of hydrogen-bond donors (Lipinski definition) is 3. The smallest absolute Gasteiger partial charge is 0.157 e. The summed E-state index contributed by atoms with van der Waals surface area (Å²) >= 11 is 0. The number of aldehydes is 2. The summed E-state index contributed by atoms with van der Waals surface area (Å²) in [6, 6.07) is 0. The quantitative estimate of drug-likeness (QED) is 0.440. The van der Waals surface area contributed by atoms with Crippen LogP contribution in [0.3, 0.4) is 0 Å². The normalized spacial score (nSPS) is 28.7. The molecule has 0 bridgehead atoms. The van der Waals surface area contributed by atoms with Crippen LogP contribution in [0.2, 0.25) is 0 Å². The summed E-state index contributed by atoms with van der Waals surface area (Å²) in [4.78, 5) is 48.3. The van der Waals surface area contributed by atoms with Crippen LogP contribution in [0, 0.1) is 34.5 Å². The number of benzene rings is 1. The largest absolute Gasteiger partial charge is 0.507 e. The van der Waals surface area contributed by atoms with Gasteiger partial charge in [0.2, 0.25) is 0 Å². The molecule has 7 nitrogen and oxygen atoms in total. The number of carbonyl (C=O) groups excluding carboxylic acids is 4. The Morgan fingerprint density at radius 1 is 1.03 bits per heavy atom. The molecule has 186 valence electrons. The van der Waals surface area contributed by atoms with Crippen molar-refractivity contribution in [3.8, 4) is 17.2 Å². The number of phenols is 3. The van der Waals surface area contributed by atoms with Crippen LogP contribution in [0.5, 0.6) is 17.2 Å². The minimum absolute atomic E-state index is 0.0259. The summed E-state index contributed by atoms with van der Waals surface area (Å²) in [5, 5.41) is 32.2. The summed E-state index contributed by atoms with van der Waals surface area (Å²) < 4.78 is 0. The first-order valence-corrected chi connectivity index (χ1v) is 12.0. The van der Waals surface area contributed by atoms with Crippen molar-refractivity contribution in [2.75, 3.05) is 0 Å². The second kappa shape index (κ2) is 8.82. The van der Waals surface area contributed by atoms with Gasteiger partial charge in [0.25, 0.3) is 0 Å². The molecule has 2 aliphatic rings. The molecule has 0 aromatic heterocycles. The fourth-order valence-corrected chi connectivity index (χ4v) is 7.10. The molecule has 34 heavy (non-hydrogen) atoms. The van der Waals surface area contributed by atoms with Crippen LogP contribution in [-0.2, 0) is 9.59 Å². The summed E-state index contributed by atoms with van der Waals surface area (Å²) in [7, 11) is 0. The number of carbonyl (C=O) groups is 4. The van der Waals surface area contributed by atoms with Crippen molar-refractivity contribution in [2.24, 2.45) is 34.5 Å².